The molecular weight excluding hydrogens is 460 g/mol. The molecule has 1 aliphatic rings. The van der Waals surface area contributed by atoms with Crippen LogP contribution in [0.25, 0.3) is 0 Å². The second-order valence-electron chi connectivity index (χ2n) is 8.09. The van der Waals surface area contributed by atoms with Crippen LogP contribution < -0.4 is 10.1 Å². The highest BCUT2D eigenvalue weighted by atomic mass is 79.9. The van der Waals surface area contributed by atoms with Crippen LogP contribution in [-0.2, 0) is 16.0 Å². The number of aliphatic hydroxyl groups excluding tert-OH is 1. The van der Waals surface area contributed by atoms with Crippen molar-refractivity contribution >= 4 is 27.7 Å². The fourth-order valence-electron chi connectivity index (χ4n) is 3.23. The Kier molecular flexibility index (Phi) is 8.09. The molecule has 0 aliphatic carbocycles. The molecule has 6 nitrogen and oxygen atoms in total. The third kappa shape index (κ3) is 6.31. The maximum Gasteiger partial charge on any atom is 0.251 e. The molecular formula is C24H29BrN2O4. The van der Waals surface area contributed by atoms with Gasteiger partial charge in [0.15, 0.2) is 5.54 Å². The molecule has 0 radical (unpaired) electrons. The zero-order valence-corrected chi connectivity index (χ0v) is 19.5. The second-order valence-corrected chi connectivity index (χ2v) is 9.01. The third-order valence-corrected chi connectivity index (χ3v) is 5.47. The molecule has 1 aliphatic heterocycles. The second kappa shape index (κ2) is 10.8. The van der Waals surface area contributed by atoms with Gasteiger partial charge in [-0.1, -0.05) is 41.9 Å². The van der Waals surface area contributed by atoms with Gasteiger partial charge in [-0.2, -0.15) is 0 Å². The average molecular weight is 489 g/mol. The monoisotopic (exact) mass is 488 g/mol. The molecule has 0 unspecified atom stereocenters. The first kappa shape index (κ1) is 23.3. The van der Waals surface area contributed by atoms with Crippen molar-refractivity contribution in [2.45, 2.75) is 32.2 Å². The van der Waals surface area contributed by atoms with Crippen LogP contribution in [0.3, 0.4) is 0 Å². The van der Waals surface area contributed by atoms with E-state index in [1.165, 1.54) is 0 Å². The van der Waals surface area contributed by atoms with Crippen molar-refractivity contribution in [1.29, 1.82) is 0 Å². The molecule has 3 rings (SSSR count). The Balaban J connectivity index is 1.82. The minimum absolute atomic E-state index is 0.0993. The van der Waals surface area contributed by atoms with Crippen LogP contribution in [0, 0.1) is 5.92 Å². The Morgan fingerprint density at radius 2 is 1.94 bits per heavy atom. The number of hydrogen-bond donors (Lipinski definition) is 2. The summed E-state index contributed by atoms with van der Waals surface area (Å²) in [6, 6.07) is 15.3. The molecule has 0 fully saturated rings. The van der Waals surface area contributed by atoms with Crippen LogP contribution in [0.15, 0.2) is 58.0 Å². The number of aliphatic imine (C=N–C) groups is 1. The Labute approximate surface area is 191 Å². The van der Waals surface area contributed by atoms with Crippen LogP contribution in [0.2, 0.25) is 0 Å². The van der Waals surface area contributed by atoms with E-state index >= 15 is 0 Å². The van der Waals surface area contributed by atoms with E-state index in [4.69, 9.17) is 19.6 Å². The average Bonchev–Trinajstić information content (AvgIpc) is 3.19. The van der Waals surface area contributed by atoms with Crippen molar-refractivity contribution < 1.29 is 19.4 Å². The number of rotatable bonds is 10. The predicted octanol–water partition coefficient (Wildman–Crippen LogP) is 3.74. The summed E-state index contributed by atoms with van der Waals surface area (Å²) < 4.78 is 12.5. The Bertz CT molecular complexity index is 897. The van der Waals surface area contributed by atoms with E-state index in [1.807, 2.05) is 48.5 Å². The number of hydrogen-bond acceptors (Lipinski definition) is 5. The highest BCUT2D eigenvalue weighted by Gasteiger charge is 2.44. The van der Waals surface area contributed by atoms with Crippen molar-refractivity contribution in [2.24, 2.45) is 10.9 Å². The fourth-order valence-corrected chi connectivity index (χ4v) is 3.50. The molecule has 166 valence electrons. The summed E-state index contributed by atoms with van der Waals surface area (Å²) in [6.45, 7) is 5.46. The molecule has 0 aromatic heterocycles. The molecule has 1 atom stereocenters. The number of halogens is 1. The molecule has 7 heteroatoms. The van der Waals surface area contributed by atoms with Crippen molar-refractivity contribution in [3.63, 3.8) is 0 Å². The van der Waals surface area contributed by atoms with Crippen LogP contribution in [0.1, 0.15) is 31.4 Å². The normalized spacial score (nSPS) is 17.9. The van der Waals surface area contributed by atoms with E-state index in [0.29, 0.717) is 43.6 Å². The SMILES string of the molecule is CC(C)CNC(=O)[C@@]1(Cc2ccc(Br)cc2)COC(c2ccc(OCCCO)cc2)=N1. The van der Waals surface area contributed by atoms with Crippen LogP contribution in [0.4, 0.5) is 0 Å². The first-order valence-electron chi connectivity index (χ1n) is 10.5. The number of amides is 1. The lowest BCUT2D eigenvalue weighted by atomic mass is 9.91. The zero-order valence-electron chi connectivity index (χ0n) is 17.9. The quantitative estimate of drug-likeness (QED) is 0.499. The van der Waals surface area contributed by atoms with Gasteiger partial charge < -0.3 is 19.9 Å². The number of carbonyl (C=O) groups is 1. The van der Waals surface area contributed by atoms with E-state index in [0.717, 1.165) is 15.6 Å². The third-order valence-electron chi connectivity index (χ3n) is 4.94. The summed E-state index contributed by atoms with van der Waals surface area (Å²) in [6.07, 6.45) is 1.04. The van der Waals surface area contributed by atoms with Gasteiger partial charge in [-0.3, -0.25) is 4.79 Å². The first-order chi connectivity index (χ1) is 14.9. The number of aliphatic hydroxyl groups is 1. The van der Waals surface area contributed by atoms with E-state index in [-0.39, 0.29) is 19.1 Å². The molecule has 0 saturated carbocycles. The number of carbonyl (C=O) groups excluding carboxylic acids is 1. The maximum absolute atomic E-state index is 13.2. The molecule has 1 heterocycles. The van der Waals surface area contributed by atoms with Crippen molar-refractivity contribution in [3.8, 4) is 5.75 Å². The maximum atomic E-state index is 13.2. The van der Waals surface area contributed by atoms with E-state index < -0.39 is 5.54 Å². The van der Waals surface area contributed by atoms with Gasteiger partial charge in [0.05, 0.1) is 6.61 Å². The Morgan fingerprint density at radius 1 is 1.23 bits per heavy atom. The van der Waals surface area contributed by atoms with E-state index in [2.05, 4.69) is 35.1 Å². The molecule has 31 heavy (non-hydrogen) atoms. The predicted molar refractivity (Wildman–Crippen MR) is 125 cm³/mol. The van der Waals surface area contributed by atoms with Gasteiger partial charge >= 0.3 is 0 Å². The molecule has 1 amide bonds. The highest BCUT2D eigenvalue weighted by Crippen LogP contribution is 2.28. The Morgan fingerprint density at radius 3 is 2.58 bits per heavy atom. The molecule has 0 spiro atoms. The van der Waals surface area contributed by atoms with Crippen LogP contribution in [-0.4, -0.2) is 48.8 Å². The number of nitrogens with zero attached hydrogens (tertiary/aromatic N) is 1. The molecule has 2 aromatic rings. The fraction of sp³-hybridized carbons (Fsp3) is 0.417. The van der Waals surface area contributed by atoms with Crippen LogP contribution >= 0.6 is 15.9 Å². The Hall–Kier alpha value is -2.38. The van der Waals surface area contributed by atoms with Gasteiger partial charge in [0.2, 0.25) is 5.90 Å². The summed E-state index contributed by atoms with van der Waals surface area (Å²) in [5.41, 5.74) is 0.807. The summed E-state index contributed by atoms with van der Waals surface area (Å²) >= 11 is 3.45. The van der Waals surface area contributed by atoms with Gasteiger partial charge in [-0.05, 0) is 47.9 Å². The minimum atomic E-state index is -1.01. The summed E-state index contributed by atoms with van der Waals surface area (Å²) in [4.78, 5) is 18.0. The largest absolute Gasteiger partial charge is 0.494 e. The summed E-state index contributed by atoms with van der Waals surface area (Å²) in [5, 5.41) is 11.9. The first-order valence-corrected chi connectivity index (χ1v) is 11.3. The van der Waals surface area contributed by atoms with Crippen LogP contribution in [0.5, 0.6) is 5.75 Å². The van der Waals surface area contributed by atoms with Crippen molar-refractivity contribution in [1.82, 2.24) is 5.32 Å². The number of benzene rings is 2. The smallest absolute Gasteiger partial charge is 0.251 e. The number of ether oxygens (including phenoxy) is 2. The number of nitrogens with one attached hydrogen (secondary N) is 1. The van der Waals surface area contributed by atoms with Gasteiger partial charge in [0, 0.05) is 36.0 Å². The van der Waals surface area contributed by atoms with Gasteiger partial charge in [-0.25, -0.2) is 4.99 Å². The summed E-state index contributed by atoms with van der Waals surface area (Å²) in [7, 11) is 0. The van der Waals surface area contributed by atoms with E-state index in [1.54, 1.807) is 0 Å². The highest BCUT2D eigenvalue weighted by molar-refractivity contribution is 9.10. The molecule has 0 bridgehead atoms. The minimum Gasteiger partial charge on any atom is -0.494 e. The van der Waals surface area contributed by atoms with E-state index in [9.17, 15) is 4.79 Å². The standard InChI is InChI=1S/C24H29BrN2O4/c1-17(2)15-26-23(29)24(14-18-4-8-20(25)9-5-18)16-31-22(27-24)19-6-10-21(11-7-19)30-13-3-12-28/h4-11,17,28H,3,12-16H2,1-2H3,(H,26,29)/t24-/m1/s1. The lowest BCUT2D eigenvalue weighted by molar-refractivity contribution is -0.126. The van der Waals surface area contributed by atoms with Gasteiger partial charge in [-0.15, -0.1) is 0 Å². The zero-order chi connectivity index (χ0) is 22.3. The van der Waals surface area contributed by atoms with Gasteiger partial charge in [0.25, 0.3) is 5.91 Å². The molecule has 2 aromatic carbocycles. The lowest BCUT2D eigenvalue weighted by Crippen LogP contribution is -2.49. The van der Waals surface area contributed by atoms with Crippen molar-refractivity contribution in [2.75, 3.05) is 26.4 Å². The topological polar surface area (TPSA) is 80.2 Å². The molecule has 2 N–H and O–H groups in total. The lowest BCUT2D eigenvalue weighted by Gasteiger charge is -2.24. The summed E-state index contributed by atoms with van der Waals surface area (Å²) in [5.74, 6) is 1.39. The molecule has 0 saturated heterocycles. The van der Waals surface area contributed by atoms with Gasteiger partial charge in [0.1, 0.15) is 12.4 Å². The van der Waals surface area contributed by atoms with Crippen molar-refractivity contribution in [3.05, 3.63) is 64.1 Å².